The van der Waals surface area contributed by atoms with Gasteiger partial charge in [0.05, 0.1) is 14.1 Å². The van der Waals surface area contributed by atoms with Crippen molar-refractivity contribution in [2.75, 3.05) is 20.6 Å². The Labute approximate surface area is 56.9 Å². The molecule has 0 aliphatic carbocycles. The van der Waals surface area contributed by atoms with Gasteiger partial charge in [0.2, 0.25) is 0 Å². The summed E-state index contributed by atoms with van der Waals surface area (Å²) < 4.78 is 0.476. The lowest BCUT2D eigenvalue weighted by Crippen LogP contribution is -3.00. The number of halogens is 1. The zero-order valence-electron chi connectivity index (χ0n) is 5.39. The van der Waals surface area contributed by atoms with E-state index in [9.17, 15) is 0 Å². The van der Waals surface area contributed by atoms with E-state index in [2.05, 4.69) is 6.58 Å². The molecule has 3 heteroatoms. The quantitative estimate of drug-likeness (QED) is 0.188. The Morgan fingerprint density at radius 1 is 1.62 bits per heavy atom. The van der Waals surface area contributed by atoms with Crippen LogP contribution < -0.4 is 18.2 Å². The van der Waals surface area contributed by atoms with Gasteiger partial charge in [-0.2, -0.15) is 5.84 Å². The van der Waals surface area contributed by atoms with Crippen molar-refractivity contribution in [3.63, 3.8) is 0 Å². The smallest absolute Gasteiger partial charge is 0.114 e. The first kappa shape index (κ1) is 10.8. The Bertz CT molecular complexity index is 65.3. The maximum absolute atomic E-state index is 5.51. The second-order valence-corrected chi connectivity index (χ2v) is 2.25. The summed E-state index contributed by atoms with van der Waals surface area (Å²) in [5.74, 6) is 5.51. The van der Waals surface area contributed by atoms with Crippen LogP contribution in [0.1, 0.15) is 0 Å². The van der Waals surface area contributed by atoms with E-state index in [1.807, 2.05) is 14.1 Å². The van der Waals surface area contributed by atoms with Crippen LogP contribution in [0.2, 0.25) is 0 Å². The summed E-state index contributed by atoms with van der Waals surface area (Å²) in [5, 5.41) is 0. The van der Waals surface area contributed by atoms with E-state index in [0.29, 0.717) is 4.59 Å². The molecule has 0 heterocycles. The highest BCUT2D eigenvalue weighted by molar-refractivity contribution is 4.62. The van der Waals surface area contributed by atoms with Gasteiger partial charge in [-0.3, -0.25) is 0 Å². The molecule has 0 unspecified atom stereocenters. The standard InChI is InChI=1S/C5H13N2.ClH/c1-4-5-7(2,3)6;/h4H,1,5-6H2,2-3H3;1H/q+1;/p-1. The Balaban J connectivity index is 0. The minimum atomic E-state index is 0. The van der Waals surface area contributed by atoms with E-state index in [0.717, 1.165) is 6.54 Å². The number of nitrogens with zero attached hydrogens (tertiary/aromatic N) is 1. The van der Waals surface area contributed by atoms with Gasteiger partial charge in [0.1, 0.15) is 6.54 Å². The van der Waals surface area contributed by atoms with E-state index in [-0.39, 0.29) is 12.4 Å². The van der Waals surface area contributed by atoms with Crippen LogP contribution in [-0.4, -0.2) is 25.2 Å². The zero-order chi connectivity index (χ0) is 5.91. The van der Waals surface area contributed by atoms with E-state index in [1.54, 1.807) is 6.08 Å². The number of hydrogen-bond donors (Lipinski definition) is 1. The summed E-state index contributed by atoms with van der Waals surface area (Å²) in [4.78, 5) is 0. The molecule has 0 atom stereocenters. The monoisotopic (exact) mass is 136 g/mol. The number of nitrogens with two attached hydrogens (primary N) is 1. The van der Waals surface area contributed by atoms with Crippen LogP contribution in [0, 0.1) is 0 Å². The molecule has 0 fully saturated rings. The van der Waals surface area contributed by atoms with Crippen LogP contribution in [0.25, 0.3) is 0 Å². The predicted molar refractivity (Wildman–Crippen MR) is 31.4 cm³/mol. The molecule has 0 saturated carbocycles. The third-order valence-electron chi connectivity index (χ3n) is 0.600. The van der Waals surface area contributed by atoms with Crippen molar-refractivity contribution < 1.29 is 17.0 Å². The second-order valence-electron chi connectivity index (χ2n) is 2.25. The summed E-state index contributed by atoms with van der Waals surface area (Å²) in [6.45, 7) is 4.37. The van der Waals surface area contributed by atoms with Crippen molar-refractivity contribution in [2.45, 2.75) is 0 Å². The van der Waals surface area contributed by atoms with Gasteiger partial charge in [-0.1, -0.05) is 6.58 Å². The number of likely N-dealkylation sites (N-methyl/N-ethyl adjacent to an activating group) is 1. The van der Waals surface area contributed by atoms with Gasteiger partial charge < -0.3 is 12.4 Å². The number of rotatable bonds is 2. The molecule has 8 heavy (non-hydrogen) atoms. The molecule has 0 aliphatic heterocycles. The highest BCUT2D eigenvalue weighted by Crippen LogP contribution is 1.81. The molecule has 0 amide bonds. The van der Waals surface area contributed by atoms with Crippen LogP contribution in [0.5, 0.6) is 0 Å². The molecule has 0 aliphatic rings. The molecule has 0 aromatic heterocycles. The molecule has 0 aromatic rings. The van der Waals surface area contributed by atoms with Gasteiger partial charge in [0, 0.05) is 0 Å². The fourth-order valence-corrected chi connectivity index (χ4v) is 0.333. The van der Waals surface area contributed by atoms with Gasteiger partial charge >= 0.3 is 0 Å². The van der Waals surface area contributed by atoms with Gasteiger partial charge in [-0.05, 0) is 6.08 Å². The van der Waals surface area contributed by atoms with Crippen molar-refractivity contribution in [3.8, 4) is 0 Å². The first-order valence-electron chi connectivity index (χ1n) is 2.29. The van der Waals surface area contributed by atoms with E-state index in [1.165, 1.54) is 0 Å². The lowest BCUT2D eigenvalue weighted by atomic mass is 10.6. The van der Waals surface area contributed by atoms with Crippen molar-refractivity contribution in [1.82, 2.24) is 0 Å². The average molecular weight is 137 g/mol. The lowest BCUT2D eigenvalue weighted by molar-refractivity contribution is -0.896. The largest absolute Gasteiger partial charge is 1.00 e. The second kappa shape index (κ2) is 3.89. The number of quaternary nitrogens is 1. The van der Waals surface area contributed by atoms with Gasteiger partial charge in [-0.25, -0.2) is 4.59 Å². The molecule has 0 saturated heterocycles. The van der Waals surface area contributed by atoms with Gasteiger partial charge in [0.25, 0.3) is 0 Å². The van der Waals surface area contributed by atoms with Crippen LogP contribution in [0.4, 0.5) is 0 Å². The van der Waals surface area contributed by atoms with Crippen LogP contribution >= 0.6 is 0 Å². The Morgan fingerprint density at radius 3 is 2.00 bits per heavy atom. The molecular weight excluding hydrogens is 124 g/mol. The van der Waals surface area contributed by atoms with Crippen molar-refractivity contribution >= 4 is 0 Å². The van der Waals surface area contributed by atoms with E-state index >= 15 is 0 Å². The summed E-state index contributed by atoms with van der Waals surface area (Å²) in [5.41, 5.74) is 0. The normalized spacial score (nSPS) is 9.88. The van der Waals surface area contributed by atoms with Crippen LogP contribution in [0.15, 0.2) is 12.7 Å². The van der Waals surface area contributed by atoms with E-state index < -0.39 is 0 Å². The molecule has 50 valence electrons. The maximum atomic E-state index is 5.51. The van der Waals surface area contributed by atoms with Crippen molar-refractivity contribution in [3.05, 3.63) is 12.7 Å². The number of hydrogen-bond acceptors (Lipinski definition) is 1. The van der Waals surface area contributed by atoms with E-state index in [4.69, 9.17) is 5.84 Å². The first-order valence-corrected chi connectivity index (χ1v) is 2.29. The van der Waals surface area contributed by atoms with Crippen molar-refractivity contribution in [1.29, 1.82) is 0 Å². The SMILES string of the molecule is C=CC[N+](C)(C)N.[Cl-]. The summed E-state index contributed by atoms with van der Waals surface area (Å²) >= 11 is 0. The molecule has 0 rings (SSSR count). The van der Waals surface area contributed by atoms with Crippen molar-refractivity contribution in [2.24, 2.45) is 5.84 Å². The molecule has 2 nitrogen and oxygen atoms in total. The first-order chi connectivity index (χ1) is 3.06. The average Bonchev–Trinajstić information content (AvgIpc) is 1.30. The van der Waals surface area contributed by atoms with Gasteiger partial charge in [0.15, 0.2) is 0 Å². The third-order valence-corrected chi connectivity index (χ3v) is 0.600. The van der Waals surface area contributed by atoms with Gasteiger partial charge in [-0.15, -0.1) is 0 Å². The Kier molecular flexibility index (Phi) is 5.28. The van der Waals surface area contributed by atoms with Crippen LogP contribution in [-0.2, 0) is 0 Å². The summed E-state index contributed by atoms with van der Waals surface area (Å²) in [6.07, 6.45) is 1.81. The lowest BCUT2D eigenvalue weighted by Gasteiger charge is -2.19. The minimum absolute atomic E-state index is 0. The molecule has 0 bridgehead atoms. The fourth-order valence-electron chi connectivity index (χ4n) is 0.333. The third kappa shape index (κ3) is 9.34. The van der Waals surface area contributed by atoms with Crippen LogP contribution in [0.3, 0.4) is 0 Å². The Hall–Kier alpha value is -0.0500. The maximum Gasteiger partial charge on any atom is 0.114 e. The molecule has 0 radical (unpaired) electrons. The minimum Gasteiger partial charge on any atom is -1.00 e. The Morgan fingerprint density at radius 2 is 2.00 bits per heavy atom. The summed E-state index contributed by atoms with van der Waals surface area (Å²) in [6, 6.07) is 0. The fraction of sp³-hybridized carbons (Fsp3) is 0.600. The molecular formula is C5H13ClN2. The summed E-state index contributed by atoms with van der Waals surface area (Å²) in [7, 11) is 3.84. The molecule has 0 aromatic carbocycles. The molecule has 0 spiro atoms. The topological polar surface area (TPSA) is 26.0 Å². The highest BCUT2D eigenvalue weighted by atomic mass is 35.5. The molecule has 2 N–H and O–H groups in total. The highest BCUT2D eigenvalue weighted by Gasteiger charge is 2.00. The predicted octanol–water partition coefficient (Wildman–Crippen LogP) is -2.87. The zero-order valence-corrected chi connectivity index (χ0v) is 6.15.